The number of carbonyl (C=O) groups is 1. The van der Waals surface area contributed by atoms with E-state index in [-0.39, 0.29) is 0 Å². The SMILES string of the molecule is O=C1/C(=C/c2cccc(Cl)c2)CC[C@@H]1C1CCCC1. The molecule has 1 aromatic rings. The van der Waals surface area contributed by atoms with E-state index in [0.29, 0.717) is 17.6 Å². The molecular formula is C17H19ClO. The molecule has 0 heterocycles. The minimum atomic E-state index is 0.299. The van der Waals surface area contributed by atoms with Crippen LogP contribution in [-0.4, -0.2) is 5.78 Å². The molecule has 0 spiro atoms. The predicted molar refractivity (Wildman–Crippen MR) is 79.1 cm³/mol. The van der Waals surface area contributed by atoms with Gasteiger partial charge in [-0.2, -0.15) is 0 Å². The first-order valence-electron chi connectivity index (χ1n) is 7.24. The van der Waals surface area contributed by atoms with Crippen LogP contribution in [0.2, 0.25) is 5.02 Å². The van der Waals surface area contributed by atoms with Crippen molar-refractivity contribution in [2.75, 3.05) is 0 Å². The number of ketones is 1. The average molecular weight is 275 g/mol. The summed E-state index contributed by atoms with van der Waals surface area (Å²) in [7, 11) is 0. The van der Waals surface area contributed by atoms with Gasteiger partial charge < -0.3 is 0 Å². The number of hydrogen-bond donors (Lipinski definition) is 0. The number of hydrogen-bond acceptors (Lipinski definition) is 1. The molecule has 2 aliphatic carbocycles. The highest BCUT2D eigenvalue weighted by molar-refractivity contribution is 6.30. The van der Waals surface area contributed by atoms with Crippen molar-refractivity contribution < 1.29 is 4.79 Å². The summed E-state index contributed by atoms with van der Waals surface area (Å²) >= 11 is 5.98. The van der Waals surface area contributed by atoms with Crippen molar-refractivity contribution >= 4 is 23.5 Å². The van der Waals surface area contributed by atoms with E-state index >= 15 is 0 Å². The van der Waals surface area contributed by atoms with Crippen molar-refractivity contribution in [1.82, 2.24) is 0 Å². The normalized spacial score (nSPS) is 26.5. The van der Waals surface area contributed by atoms with Gasteiger partial charge >= 0.3 is 0 Å². The fourth-order valence-electron chi connectivity index (χ4n) is 3.55. The molecule has 0 radical (unpaired) electrons. The highest BCUT2D eigenvalue weighted by atomic mass is 35.5. The third-order valence-corrected chi connectivity index (χ3v) is 4.77. The van der Waals surface area contributed by atoms with E-state index in [0.717, 1.165) is 29.0 Å². The Morgan fingerprint density at radius 2 is 1.95 bits per heavy atom. The Hall–Kier alpha value is -1.08. The molecule has 0 bridgehead atoms. The number of Topliss-reactive ketones (excluding diaryl/α,β-unsaturated/α-hetero) is 1. The van der Waals surface area contributed by atoms with Gasteiger partial charge in [-0.3, -0.25) is 4.79 Å². The van der Waals surface area contributed by atoms with E-state index in [4.69, 9.17) is 11.6 Å². The standard InChI is InChI=1S/C17H19ClO/c18-15-7-3-4-12(11-15)10-14-8-9-16(17(14)19)13-5-1-2-6-13/h3-4,7,10-11,13,16H,1-2,5-6,8-9H2/b14-10+/t16-/m1/s1. The molecule has 0 N–H and O–H groups in total. The third-order valence-electron chi connectivity index (χ3n) is 4.54. The maximum Gasteiger partial charge on any atom is 0.162 e. The molecule has 0 saturated heterocycles. The molecular weight excluding hydrogens is 256 g/mol. The highest BCUT2D eigenvalue weighted by Crippen LogP contribution is 2.40. The molecule has 0 aromatic heterocycles. The fourth-order valence-corrected chi connectivity index (χ4v) is 3.75. The van der Waals surface area contributed by atoms with Crippen LogP contribution < -0.4 is 0 Å². The number of carbonyl (C=O) groups excluding carboxylic acids is 1. The molecule has 2 aliphatic rings. The number of halogens is 1. The zero-order chi connectivity index (χ0) is 13.2. The summed E-state index contributed by atoms with van der Waals surface area (Å²) < 4.78 is 0. The van der Waals surface area contributed by atoms with E-state index in [2.05, 4.69) is 0 Å². The van der Waals surface area contributed by atoms with Gasteiger partial charge in [0.25, 0.3) is 0 Å². The molecule has 1 nitrogen and oxygen atoms in total. The fraction of sp³-hybridized carbons (Fsp3) is 0.471. The largest absolute Gasteiger partial charge is 0.294 e. The Morgan fingerprint density at radius 1 is 1.16 bits per heavy atom. The molecule has 0 amide bonds. The molecule has 1 atom stereocenters. The van der Waals surface area contributed by atoms with Crippen LogP contribution in [-0.2, 0) is 4.79 Å². The third kappa shape index (κ3) is 2.76. The van der Waals surface area contributed by atoms with Crippen molar-refractivity contribution in [3.8, 4) is 0 Å². The zero-order valence-electron chi connectivity index (χ0n) is 11.1. The smallest absolute Gasteiger partial charge is 0.162 e. The van der Waals surface area contributed by atoms with Crippen LogP contribution in [0.1, 0.15) is 44.1 Å². The van der Waals surface area contributed by atoms with E-state index in [1.54, 1.807) is 0 Å². The predicted octanol–water partition coefficient (Wildman–Crippen LogP) is 4.89. The van der Waals surface area contributed by atoms with Crippen LogP contribution in [0.15, 0.2) is 29.8 Å². The Morgan fingerprint density at radius 3 is 2.68 bits per heavy atom. The topological polar surface area (TPSA) is 17.1 Å². The Labute approximate surface area is 119 Å². The first-order valence-corrected chi connectivity index (χ1v) is 7.62. The van der Waals surface area contributed by atoms with Gasteiger partial charge in [0, 0.05) is 10.9 Å². The van der Waals surface area contributed by atoms with Gasteiger partial charge in [0.15, 0.2) is 5.78 Å². The van der Waals surface area contributed by atoms with Crippen molar-refractivity contribution in [2.45, 2.75) is 38.5 Å². The van der Waals surface area contributed by atoms with E-state index in [1.165, 1.54) is 25.7 Å². The van der Waals surface area contributed by atoms with E-state index in [1.807, 2.05) is 30.3 Å². The maximum atomic E-state index is 12.5. The van der Waals surface area contributed by atoms with Crippen molar-refractivity contribution in [3.63, 3.8) is 0 Å². The summed E-state index contributed by atoms with van der Waals surface area (Å²) in [6.07, 6.45) is 9.14. The quantitative estimate of drug-likeness (QED) is 0.702. The van der Waals surface area contributed by atoms with Crippen LogP contribution >= 0.6 is 11.6 Å². The van der Waals surface area contributed by atoms with Crippen LogP contribution in [0, 0.1) is 11.8 Å². The second-order valence-electron chi connectivity index (χ2n) is 5.78. The molecule has 3 rings (SSSR count). The second-order valence-corrected chi connectivity index (χ2v) is 6.21. The van der Waals surface area contributed by atoms with Gasteiger partial charge in [0.05, 0.1) is 0 Å². The summed E-state index contributed by atoms with van der Waals surface area (Å²) in [5.74, 6) is 1.34. The van der Waals surface area contributed by atoms with Gasteiger partial charge in [-0.15, -0.1) is 0 Å². The summed E-state index contributed by atoms with van der Waals surface area (Å²) in [5.41, 5.74) is 2.04. The average Bonchev–Trinajstić information content (AvgIpc) is 3.01. The lowest BCUT2D eigenvalue weighted by molar-refractivity contribution is -0.119. The first-order chi connectivity index (χ1) is 9.24. The molecule has 0 unspecified atom stereocenters. The molecule has 100 valence electrons. The van der Waals surface area contributed by atoms with Gasteiger partial charge in [-0.1, -0.05) is 36.6 Å². The van der Waals surface area contributed by atoms with Crippen LogP contribution in [0.25, 0.3) is 6.08 Å². The monoisotopic (exact) mass is 274 g/mol. The Kier molecular flexibility index (Phi) is 3.74. The van der Waals surface area contributed by atoms with Crippen molar-refractivity contribution in [1.29, 1.82) is 0 Å². The summed E-state index contributed by atoms with van der Waals surface area (Å²) in [6, 6.07) is 7.73. The molecule has 1 aromatic carbocycles. The summed E-state index contributed by atoms with van der Waals surface area (Å²) in [6.45, 7) is 0. The van der Waals surface area contributed by atoms with Crippen LogP contribution in [0.4, 0.5) is 0 Å². The van der Waals surface area contributed by atoms with Gasteiger partial charge in [0.1, 0.15) is 0 Å². The Bertz CT molecular complexity index is 512. The Balaban J connectivity index is 1.77. The van der Waals surface area contributed by atoms with Gasteiger partial charge in [-0.05, 0) is 60.9 Å². The zero-order valence-corrected chi connectivity index (χ0v) is 11.8. The summed E-state index contributed by atoms with van der Waals surface area (Å²) in [4.78, 5) is 12.5. The lowest BCUT2D eigenvalue weighted by atomic mass is 9.88. The minimum absolute atomic E-state index is 0.299. The highest BCUT2D eigenvalue weighted by Gasteiger charge is 2.36. The van der Waals surface area contributed by atoms with Crippen LogP contribution in [0.5, 0.6) is 0 Å². The molecule has 2 saturated carbocycles. The van der Waals surface area contributed by atoms with Gasteiger partial charge in [0.2, 0.25) is 0 Å². The number of rotatable bonds is 2. The van der Waals surface area contributed by atoms with Gasteiger partial charge in [-0.25, -0.2) is 0 Å². The lowest BCUT2D eigenvalue weighted by Crippen LogP contribution is -2.16. The first kappa shape index (κ1) is 12.9. The minimum Gasteiger partial charge on any atom is -0.294 e. The van der Waals surface area contributed by atoms with Crippen molar-refractivity contribution in [2.24, 2.45) is 11.8 Å². The van der Waals surface area contributed by atoms with Crippen LogP contribution in [0.3, 0.4) is 0 Å². The van der Waals surface area contributed by atoms with E-state index < -0.39 is 0 Å². The molecule has 0 aliphatic heterocycles. The maximum absolute atomic E-state index is 12.5. The summed E-state index contributed by atoms with van der Waals surface area (Å²) in [5, 5.41) is 0.729. The van der Waals surface area contributed by atoms with E-state index in [9.17, 15) is 4.79 Å². The second kappa shape index (κ2) is 5.50. The van der Waals surface area contributed by atoms with Crippen molar-refractivity contribution in [3.05, 3.63) is 40.4 Å². The number of allylic oxidation sites excluding steroid dienone is 1. The molecule has 2 heteroatoms. The lowest BCUT2D eigenvalue weighted by Gasteiger charge is -2.15. The molecule has 2 fully saturated rings. The number of benzene rings is 1. The molecule has 19 heavy (non-hydrogen) atoms.